The van der Waals surface area contributed by atoms with Crippen LogP contribution in [-0.2, 0) is 6.54 Å². The first-order valence-electron chi connectivity index (χ1n) is 7.07. The van der Waals surface area contributed by atoms with E-state index < -0.39 is 5.91 Å². The second kappa shape index (κ2) is 6.45. The molecule has 3 rings (SSSR count). The number of anilines is 1. The third kappa shape index (κ3) is 3.54. The third-order valence-corrected chi connectivity index (χ3v) is 3.21. The summed E-state index contributed by atoms with van der Waals surface area (Å²) < 4.78 is 19.5. The molecule has 1 amide bonds. The van der Waals surface area contributed by atoms with Crippen LogP contribution in [-0.4, -0.2) is 26.6 Å². The molecule has 2 aromatic heterocycles. The summed E-state index contributed by atoms with van der Waals surface area (Å²) in [5.41, 5.74) is 1.19. The number of halogens is 1. The normalized spacial score (nSPS) is 10.6. The third-order valence-electron chi connectivity index (χ3n) is 3.21. The zero-order chi connectivity index (χ0) is 17.1. The Morgan fingerprint density at radius 1 is 1.33 bits per heavy atom. The molecule has 1 aromatic carbocycles. The van der Waals surface area contributed by atoms with Crippen LogP contribution in [0.1, 0.15) is 33.5 Å². The van der Waals surface area contributed by atoms with E-state index in [9.17, 15) is 14.0 Å². The van der Waals surface area contributed by atoms with Crippen molar-refractivity contribution in [1.82, 2.24) is 14.9 Å². The van der Waals surface area contributed by atoms with E-state index in [1.165, 1.54) is 31.3 Å². The molecule has 0 saturated heterocycles. The van der Waals surface area contributed by atoms with Gasteiger partial charge in [-0.2, -0.15) is 5.10 Å². The van der Waals surface area contributed by atoms with Gasteiger partial charge in [0.05, 0.1) is 18.4 Å². The molecule has 0 aliphatic rings. The predicted molar refractivity (Wildman–Crippen MR) is 82.2 cm³/mol. The maximum absolute atomic E-state index is 13.2. The van der Waals surface area contributed by atoms with Crippen LogP contribution in [0.3, 0.4) is 0 Å². The van der Waals surface area contributed by atoms with Crippen LogP contribution in [0.5, 0.6) is 0 Å². The minimum atomic E-state index is -0.517. The Bertz CT molecular complexity index is 900. The van der Waals surface area contributed by atoms with Crippen molar-refractivity contribution in [2.45, 2.75) is 13.5 Å². The fourth-order valence-electron chi connectivity index (χ4n) is 2.08. The Kier molecular flexibility index (Phi) is 4.19. The van der Waals surface area contributed by atoms with Crippen molar-refractivity contribution in [3.8, 4) is 0 Å². The molecule has 1 N–H and O–H groups in total. The summed E-state index contributed by atoms with van der Waals surface area (Å²) in [6.07, 6.45) is 3.07. The molecule has 0 saturated carbocycles. The van der Waals surface area contributed by atoms with Crippen LogP contribution in [0.15, 0.2) is 47.2 Å². The summed E-state index contributed by atoms with van der Waals surface area (Å²) in [6, 6.07) is 7.45. The monoisotopic (exact) mass is 328 g/mol. The fraction of sp³-hybridized carbons (Fsp3) is 0.125. The van der Waals surface area contributed by atoms with E-state index in [4.69, 9.17) is 4.52 Å². The van der Waals surface area contributed by atoms with E-state index in [0.29, 0.717) is 12.2 Å². The molecule has 0 aliphatic carbocycles. The molecule has 0 atom stereocenters. The topological polar surface area (TPSA) is 90.0 Å². The van der Waals surface area contributed by atoms with Gasteiger partial charge in [0.1, 0.15) is 5.82 Å². The zero-order valence-electron chi connectivity index (χ0n) is 12.7. The Balaban J connectivity index is 1.67. The summed E-state index contributed by atoms with van der Waals surface area (Å²) in [5.74, 6) is -1.14. The quantitative estimate of drug-likeness (QED) is 0.727. The molecular weight excluding hydrogens is 315 g/mol. The number of carbonyl (C=O) groups excluding carboxylic acids is 2. The van der Waals surface area contributed by atoms with Gasteiger partial charge in [-0.05, 0) is 17.7 Å². The molecule has 24 heavy (non-hydrogen) atoms. The number of Topliss-reactive ketones (excluding diaryl/α,β-unsaturated/α-hetero) is 1. The Morgan fingerprint density at radius 2 is 2.17 bits per heavy atom. The average molecular weight is 328 g/mol. The maximum Gasteiger partial charge on any atom is 0.277 e. The summed E-state index contributed by atoms with van der Waals surface area (Å²) >= 11 is 0. The molecule has 2 heterocycles. The minimum Gasteiger partial charge on any atom is -0.352 e. The molecule has 7 nitrogen and oxygen atoms in total. The van der Waals surface area contributed by atoms with Gasteiger partial charge in [0, 0.05) is 19.2 Å². The second-order valence-electron chi connectivity index (χ2n) is 5.14. The number of nitrogens with zero attached hydrogens (tertiary/aromatic N) is 3. The molecule has 0 spiro atoms. The first-order chi connectivity index (χ1) is 11.5. The number of hydrogen-bond donors (Lipinski definition) is 1. The van der Waals surface area contributed by atoms with Gasteiger partial charge in [0.15, 0.2) is 11.5 Å². The lowest BCUT2D eigenvalue weighted by molar-refractivity contribution is 0.0972. The first-order valence-corrected chi connectivity index (χ1v) is 7.07. The van der Waals surface area contributed by atoms with Gasteiger partial charge in [-0.1, -0.05) is 17.3 Å². The van der Waals surface area contributed by atoms with E-state index in [0.717, 1.165) is 5.56 Å². The number of nitrogens with one attached hydrogen (secondary N) is 1. The van der Waals surface area contributed by atoms with Gasteiger partial charge < -0.3 is 9.84 Å². The van der Waals surface area contributed by atoms with Crippen LogP contribution in [0.2, 0.25) is 0 Å². The molecule has 122 valence electrons. The molecule has 8 heteroatoms. The summed E-state index contributed by atoms with van der Waals surface area (Å²) in [6.45, 7) is 1.69. The lowest BCUT2D eigenvalue weighted by atomic mass is 10.2. The highest BCUT2D eigenvalue weighted by molar-refractivity contribution is 6.04. The van der Waals surface area contributed by atoms with Gasteiger partial charge in [-0.3, -0.25) is 14.3 Å². The molecule has 0 unspecified atom stereocenters. The van der Waals surface area contributed by atoms with Crippen LogP contribution < -0.4 is 5.32 Å². The minimum absolute atomic E-state index is 0.00178. The van der Waals surface area contributed by atoms with Crippen molar-refractivity contribution in [2.75, 3.05) is 5.32 Å². The number of benzene rings is 1. The van der Waals surface area contributed by atoms with Crippen molar-refractivity contribution < 1.29 is 18.5 Å². The standard InChI is InChI=1S/C16H13FN4O3/c1-10(22)15-6-14(20-24-15)16(23)19-13-7-18-21(9-13)8-11-3-2-4-12(17)5-11/h2-7,9H,8H2,1H3,(H,19,23). The van der Waals surface area contributed by atoms with Gasteiger partial charge in [-0.15, -0.1) is 0 Å². The number of hydrogen-bond acceptors (Lipinski definition) is 5. The Morgan fingerprint density at radius 3 is 2.88 bits per heavy atom. The van der Waals surface area contributed by atoms with Crippen molar-refractivity contribution >= 4 is 17.4 Å². The van der Waals surface area contributed by atoms with E-state index in [2.05, 4.69) is 15.6 Å². The largest absolute Gasteiger partial charge is 0.352 e. The second-order valence-corrected chi connectivity index (χ2v) is 5.14. The first kappa shape index (κ1) is 15.6. The molecule has 0 bridgehead atoms. The molecule has 3 aromatic rings. The summed E-state index contributed by atoms with van der Waals surface area (Å²) in [7, 11) is 0. The lowest BCUT2D eigenvalue weighted by Crippen LogP contribution is -2.11. The van der Waals surface area contributed by atoms with Crippen molar-refractivity contribution in [2.24, 2.45) is 0 Å². The maximum atomic E-state index is 13.2. The van der Waals surface area contributed by atoms with Crippen LogP contribution in [0, 0.1) is 5.82 Å². The number of carbonyl (C=O) groups is 2. The van der Waals surface area contributed by atoms with Gasteiger partial charge in [0.25, 0.3) is 5.91 Å². The number of amides is 1. The van der Waals surface area contributed by atoms with Crippen molar-refractivity contribution in [3.63, 3.8) is 0 Å². The zero-order valence-corrected chi connectivity index (χ0v) is 12.7. The Hall–Kier alpha value is -3.29. The van der Waals surface area contributed by atoms with Crippen molar-refractivity contribution in [3.05, 3.63) is 65.6 Å². The predicted octanol–water partition coefficient (Wildman–Crippen LogP) is 2.51. The smallest absolute Gasteiger partial charge is 0.277 e. The van der Waals surface area contributed by atoms with Crippen LogP contribution in [0.4, 0.5) is 10.1 Å². The summed E-state index contributed by atoms with van der Waals surface area (Å²) in [4.78, 5) is 23.2. The van der Waals surface area contributed by atoms with Crippen molar-refractivity contribution in [1.29, 1.82) is 0 Å². The highest BCUT2D eigenvalue weighted by atomic mass is 19.1. The molecule has 0 aliphatic heterocycles. The Labute approximate surface area is 136 Å². The highest BCUT2D eigenvalue weighted by Crippen LogP contribution is 2.11. The van der Waals surface area contributed by atoms with E-state index in [-0.39, 0.29) is 23.1 Å². The number of aromatic nitrogens is 3. The van der Waals surface area contributed by atoms with Gasteiger partial charge >= 0.3 is 0 Å². The van der Waals surface area contributed by atoms with E-state index >= 15 is 0 Å². The molecule has 0 radical (unpaired) electrons. The number of ketones is 1. The lowest BCUT2D eigenvalue weighted by Gasteiger charge is -2.01. The fourth-order valence-corrected chi connectivity index (χ4v) is 2.08. The van der Waals surface area contributed by atoms with Gasteiger partial charge in [0.2, 0.25) is 5.76 Å². The molecular formula is C16H13FN4O3. The summed E-state index contributed by atoms with van der Waals surface area (Å²) in [5, 5.41) is 10.2. The van der Waals surface area contributed by atoms with Crippen LogP contribution >= 0.6 is 0 Å². The van der Waals surface area contributed by atoms with Gasteiger partial charge in [-0.25, -0.2) is 4.39 Å². The van der Waals surface area contributed by atoms with Crippen LogP contribution in [0.25, 0.3) is 0 Å². The SMILES string of the molecule is CC(=O)c1cc(C(=O)Nc2cnn(Cc3cccc(F)c3)c2)no1. The highest BCUT2D eigenvalue weighted by Gasteiger charge is 2.15. The number of rotatable bonds is 5. The average Bonchev–Trinajstić information content (AvgIpc) is 3.17. The van der Waals surface area contributed by atoms with E-state index in [1.54, 1.807) is 23.0 Å². The molecule has 0 fully saturated rings. The van der Waals surface area contributed by atoms with E-state index in [1.807, 2.05) is 0 Å².